The Hall–Kier alpha value is -2.18. The van der Waals surface area contributed by atoms with Gasteiger partial charge < -0.3 is 10.6 Å². The molecule has 2 aromatic rings. The van der Waals surface area contributed by atoms with Crippen molar-refractivity contribution in [2.24, 2.45) is 11.3 Å². The van der Waals surface area contributed by atoms with Crippen LogP contribution in [0.4, 0.5) is 11.9 Å². The zero-order valence-corrected chi connectivity index (χ0v) is 12.0. The van der Waals surface area contributed by atoms with Gasteiger partial charge >= 0.3 is 0 Å². The first-order valence-electron chi connectivity index (χ1n) is 6.76. The zero-order chi connectivity index (χ0) is 14.2. The van der Waals surface area contributed by atoms with Gasteiger partial charge in [-0.25, -0.2) is 4.68 Å². The largest absolute Gasteiger partial charge is 0.357 e. The summed E-state index contributed by atoms with van der Waals surface area (Å²) in [4.78, 5) is 13.0. The molecule has 0 bridgehead atoms. The Kier molecular flexibility index (Phi) is 3.04. The van der Waals surface area contributed by atoms with E-state index < -0.39 is 0 Å². The highest BCUT2D eigenvalue weighted by Gasteiger charge is 2.45. The second kappa shape index (κ2) is 4.73. The third-order valence-corrected chi connectivity index (χ3v) is 3.78. The number of rotatable bonds is 5. The van der Waals surface area contributed by atoms with Crippen molar-refractivity contribution in [1.29, 1.82) is 0 Å². The molecular formula is C13H19N7. The lowest BCUT2D eigenvalue weighted by atomic mass is 10.1. The third-order valence-electron chi connectivity index (χ3n) is 3.78. The molecule has 20 heavy (non-hydrogen) atoms. The molecule has 2 heterocycles. The van der Waals surface area contributed by atoms with Crippen LogP contribution in [0.15, 0.2) is 18.5 Å². The average molecular weight is 273 g/mol. The van der Waals surface area contributed by atoms with Gasteiger partial charge in [0.2, 0.25) is 11.9 Å². The molecule has 1 unspecified atom stereocenters. The second-order valence-corrected chi connectivity index (χ2v) is 5.75. The minimum absolute atomic E-state index is 0.441. The molecule has 7 heteroatoms. The van der Waals surface area contributed by atoms with Crippen LogP contribution < -0.4 is 10.6 Å². The van der Waals surface area contributed by atoms with Crippen LogP contribution in [0.2, 0.25) is 0 Å². The summed E-state index contributed by atoms with van der Waals surface area (Å²) in [7, 11) is 1.79. The Labute approximate surface area is 117 Å². The van der Waals surface area contributed by atoms with Crippen molar-refractivity contribution < 1.29 is 0 Å². The van der Waals surface area contributed by atoms with E-state index in [4.69, 9.17) is 0 Å². The summed E-state index contributed by atoms with van der Waals surface area (Å²) < 4.78 is 1.62. The Morgan fingerprint density at radius 2 is 2.05 bits per heavy atom. The van der Waals surface area contributed by atoms with E-state index in [2.05, 4.69) is 44.5 Å². The van der Waals surface area contributed by atoms with Crippen molar-refractivity contribution in [3.8, 4) is 5.95 Å². The Balaban J connectivity index is 1.78. The lowest BCUT2D eigenvalue weighted by Gasteiger charge is -2.09. The van der Waals surface area contributed by atoms with Crippen molar-refractivity contribution in [3.05, 3.63) is 18.5 Å². The van der Waals surface area contributed by atoms with E-state index in [0.717, 1.165) is 6.54 Å². The van der Waals surface area contributed by atoms with Crippen LogP contribution in [0, 0.1) is 11.3 Å². The molecule has 2 aromatic heterocycles. The smallest absolute Gasteiger partial charge is 0.257 e. The highest BCUT2D eigenvalue weighted by molar-refractivity contribution is 5.37. The van der Waals surface area contributed by atoms with Gasteiger partial charge in [0, 0.05) is 26.0 Å². The first-order valence-corrected chi connectivity index (χ1v) is 6.76. The summed E-state index contributed by atoms with van der Waals surface area (Å²) >= 11 is 0. The second-order valence-electron chi connectivity index (χ2n) is 5.75. The van der Waals surface area contributed by atoms with Crippen LogP contribution in [-0.4, -0.2) is 38.3 Å². The van der Waals surface area contributed by atoms with Gasteiger partial charge in [-0.15, -0.1) is 0 Å². The van der Waals surface area contributed by atoms with Gasteiger partial charge in [-0.3, -0.25) is 0 Å². The fourth-order valence-electron chi connectivity index (χ4n) is 2.18. The number of hydrogen-bond acceptors (Lipinski definition) is 6. The Morgan fingerprint density at radius 3 is 2.65 bits per heavy atom. The van der Waals surface area contributed by atoms with Gasteiger partial charge in [0.25, 0.3) is 5.95 Å². The van der Waals surface area contributed by atoms with Crippen molar-refractivity contribution in [2.75, 3.05) is 24.2 Å². The first-order chi connectivity index (χ1) is 9.58. The summed E-state index contributed by atoms with van der Waals surface area (Å²) in [6.45, 7) is 5.45. The topological polar surface area (TPSA) is 80.5 Å². The van der Waals surface area contributed by atoms with Gasteiger partial charge in [-0.1, -0.05) is 13.8 Å². The van der Waals surface area contributed by atoms with Crippen LogP contribution in [-0.2, 0) is 0 Å². The maximum absolute atomic E-state index is 4.40. The van der Waals surface area contributed by atoms with Crippen LogP contribution in [0.25, 0.3) is 5.95 Å². The maximum Gasteiger partial charge on any atom is 0.257 e. The SMILES string of the molecule is CNc1nc(NCC2CC2(C)C)nc(-n2cccn2)n1. The number of hydrogen-bond donors (Lipinski definition) is 2. The molecule has 0 aliphatic heterocycles. The molecule has 0 amide bonds. The van der Waals surface area contributed by atoms with E-state index >= 15 is 0 Å². The quantitative estimate of drug-likeness (QED) is 0.860. The first kappa shape index (κ1) is 12.8. The lowest BCUT2D eigenvalue weighted by molar-refractivity contribution is 0.572. The summed E-state index contributed by atoms with van der Waals surface area (Å²) in [5.74, 6) is 2.30. The monoisotopic (exact) mass is 273 g/mol. The minimum atomic E-state index is 0.441. The van der Waals surface area contributed by atoms with Crippen LogP contribution in [0.5, 0.6) is 0 Å². The lowest BCUT2D eigenvalue weighted by Crippen LogP contribution is -2.14. The van der Waals surface area contributed by atoms with Crippen LogP contribution >= 0.6 is 0 Å². The van der Waals surface area contributed by atoms with E-state index in [-0.39, 0.29) is 0 Å². The van der Waals surface area contributed by atoms with E-state index in [1.165, 1.54) is 6.42 Å². The molecule has 0 radical (unpaired) electrons. The number of aromatic nitrogens is 5. The molecule has 3 rings (SSSR count). The summed E-state index contributed by atoms with van der Waals surface area (Å²) in [5.41, 5.74) is 0.441. The number of nitrogens with one attached hydrogen (secondary N) is 2. The van der Waals surface area contributed by atoms with Gasteiger partial charge in [-0.2, -0.15) is 20.1 Å². The average Bonchev–Trinajstić information content (AvgIpc) is 2.84. The maximum atomic E-state index is 4.40. The molecular weight excluding hydrogens is 254 g/mol. The highest BCUT2D eigenvalue weighted by Crippen LogP contribution is 2.51. The predicted molar refractivity (Wildman–Crippen MR) is 76.9 cm³/mol. The van der Waals surface area contributed by atoms with Crippen LogP contribution in [0.3, 0.4) is 0 Å². The van der Waals surface area contributed by atoms with Crippen LogP contribution in [0.1, 0.15) is 20.3 Å². The van der Waals surface area contributed by atoms with Gasteiger partial charge in [0.1, 0.15) is 0 Å². The standard InChI is InChI=1S/C13H19N7/c1-13(2)7-9(13)8-15-11-17-10(14-3)18-12(19-11)20-6-4-5-16-20/h4-6,9H,7-8H2,1-3H3,(H2,14,15,17,18,19). The molecule has 0 spiro atoms. The third kappa shape index (κ3) is 2.56. The molecule has 0 aromatic carbocycles. The van der Waals surface area contributed by atoms with Gasteiger partial charge in [0.05, 0.1) is 0 Å². The molecule has 2 N–H and O–H groups in total. The number of anilines is 2. The van der Waals surface area contributed by atoms with E-state index in [1.54, 1.807) is 17.9 Å². The van der Waals surface area contributed by atoms with Gasteiger partial charge in [0.15, 0.2) is 0 Å². The fraction of sp³-hybridized carbons (Fsp3) is 0.538. The minimum Gasteiger partial charge on any atom is -0.357 e. The summed E-state index contributed by atoms with van der Waals surface area (Å²) in [6, 6.07) is 1.84. The van der Waals surface area contributed by atoms with Crippen molar-refractivity contribution >= 4 is 11.9 Å². The molecule has 1 aliphatic carbocycles. The van der Waals surface area contributed by atoms with Gasteiger partial charge in [-0.05, 0) is 23.8 Å². The van der Waals surface area contributed by atoms with E-state index in [0.29, 0.717) is 29.2 Å². The molecule has 1 atom stereocenters. The fourth-order valence-corrected chi connectivity index (χ4v) is 2.18. The van der Waals surface area contributed by atoms with Crippen molar-refractivity contribution in [2.45, 2.75) is 20.3 Å². The molecule has 1 saturated carbocycles. The van der Waals surface area contributed by atoms with Crippen molar-refractivity contribution in [3.63, 3.8) is 0 Å². The molecule has 0 saturated heterocycles. The highest BCUT2D eigenvalue weighted by atomic mass is 15.4. The normalized spacial score (nSPS) is 19.6. The molecule has 7 nitrogen and oxygen atoms in total. The molecule has 106 valence electrons. The number of nitrogens with zero attached hydrogens (tertiary/aromatic N) is 5. The van der Waals surface area contributed by atoms with Crippen molar-refractivity contribution in [1.82, 2.24) is 24.7 Å². The van der Waals surface area contributed by atoms with E-state index in [1.807, 2.05) is 12.3 Å². The summed E-state index contributed by atoms with van der Waals surface area (Å²) in [5, 5.41) is 10.4. The van der Waals surface area contributed by atoms with E-state index in [9.17, 15) is 0 Å². The predicted octanol–water partition coefficient (Wildman–Crippen LogP) is 1.56. The molecule has 1 aliphatic rings. The Morgan fingerprint density at radius 1 is 1.30 bits per heavy atom. The molecule has 1 fully saturated rings. The Bertz CT molecular complexity index is 591. The zero-order valence-electron chi connectivity index (χ0n) is 12.0. The summed E-state index contributed by atoms with van der Waals surface area (Å²) in [6.07, 6.45) is 4.75.